The van der Waals surface area contributed by atoms with Crippen molar-refractivity contribution in [3.63, 3.8) is 0 Å². The molecule has 0 N–H and O–H groups in total. The molecule has 1 amide bonds. The highest BCUT2D eigenvalue weighted by atomic mass is 19.4. The summed E-state index contributed by atoms with van der Waals surface area (Å²) in [5, 5.41) is 4.02. The molecule has 3 saturated heterocycles. The third kappa shape index (κ3) is 4.99. The van der Waals surface area contributed by atoms with Gasteiger partial charge in [-0.25, -0.2) is 4.79 Å². The summed E-state index contributed by atoms with van der Waals surface area (Å²) in [5.74, 6) is -0.158. The zero-order valence-corrected chi connectivity index (χ0v) is 20.3. The fraction of sp³-hybridized carbons (Fsp3) is 0.560. The topological polar surface area (TPSA) is 70.9 Å². The van der Waals surface area contributed by atoms with Gasteiger partial charge in [-0.3, -0.25) is 9.69 Å². The van der Waals surface area contributed by atoms with Crippen LogP contribution in [0.15, 0.2) is 30.6 Å². The van der Waals surface area contributed by atoms with Crippen LogP contribution in [0.4, 0.5) is 23.7 Å². The predicted molar refractivity (Wildman–Crippen MR) is 126 cm³/mol. The molecule has 1 atom stereocenters. The van der Waals surface area contributed by atoms with Crippen molar-refractivity contribution in [1.29, 1.82) is 0 Å². The molecule has 8 nitrogen and oxygen atoms in total. The van der Waals surface area contributed by atoms with Crippen molar-refractivity contribution >= 4 is 17.5 Å². The van der Waals surface area contributed by atoms with Gasteiger partial charge in [0, 0.05) is 56.6 Å². The van der Waals surface area contributed by atoms with Gasteiger partial charge in [0.1, 0.15) is 0 Å². The van der Waals surface area contributed by atoms with E-state index in [1.165, 1.54) is 30.1 Å². The molecule has 1 spiro atoms. The van der Waals surface area contributed by atoms with Crippen LogP contribution in [-0.4, -0.2) is 83.9 Å². The van der Waals surface area contributed by atoms with Gasteiger partial charge in [0.25, 0.3) is 0 Å². The highest BCUT2D eigenvalue weighted by Crippen LogP contribution is 2.41. The van der Waals surface area contributed by atoms with E-state index in [2.05, 4.69) is 10.00 Å². The third-order valence-electron chi connectivity index (χ3n) is 7.58. The molecular weight excluding hydrogens is 475 g/mol. The summed E-state index contributed by atoms with van der Waals surface area (Å²) in [5.41, 5.74) is 0.498. The van der Waals surface area contributed by atoms with E-state index in [0.717, 1.165) is 12.8 Å². The minimum Gasteiger partial charge on any atom is -0.378 e. The van der Waals surface area contributed by atoms with Crippen molar-refractivity contribution in [3.8, 4) is 0 Å². The molecule has 3 aliphatic rings. The molecule has 5 rings (SSSR count). The number of aromatic nitrogens is 2. The molecule has 36 heavy (non-hydrogen) atoms. The Morgan fingerprint density at radius 3 is 2.53 bits per heavy atom. The quantitative estimate of drug-likeness (QED) is 0.593. The Labute approximate surface area is 207 Å². The second-order valence-electron chi connectivity index (χ2n) is 10.1. The molecule has 2 aromatic rings. The second-order valence-corrected chi connectivity index (χ2v) is 10.1. The van der Waals surface area contributed by atoms with Gasteiger partial charge in [0.15, 0.2) is 5.78 Å². The van der Waals surface area contributed by atoms with Crippen LogP contribution in [0, 0.1) is 5.41 Å². The van der Waals surface area contributed by atoms with E-state index >= 15 is 0 Å². The Hall–Kier alpha value is -2.92. The predicted octanol–water partition coefficient (Wildman–Crippen LogP) is 3.51. The van der Waals surface area contributed by atoms with Gasteiger partial charge in [-0.1, -0.05) is 6.07 Å². The van der Waals surface area contributed by atoms with Gasteiger partial charge in [0.05, 0.1) is 30.5 Å². The summed E-state index contributed by atoms with van der Waals surface area (Å²) >= 11 is 0. The lowest BCUT2D eigenvalue weighted by molar-refractivity contribution is -0.138. The number of morpholine rings is 1. The summed E-state index contributed by atoms with van der Waals surface area (Å²) in [4.78, 5) is 30.1. The number of ether oxygens (including phenoxy) is 1. The lowest BCUT2D eigenvalue weighted by atomic mass is 9.86. The molecule has 0 radical (unpaired) electrons. The van der Waals surface area contributed by atoms with E-state index in [1.54, 1.807) is 17.0 Å². The van der Waals surface area contributed by atoms with Crippen LogP contribution in [0.2, 0.25) is 0 Å². The number of anilines is 1. The summed E-state index contributed by atoms with van der Waals surface area (Å²) in [6.45, 7) is 6.22. The van der Waals surface area contributed by atoms with Crippen molar-refractivity contribution in [2.75, 3.05) is 57.4 Å². The first-order valence-electron chi connectivity index (χ1n) is 12.2. The van der Waals surface area contributed by atoms with Crippen LogP contribution in [-0.2, 0) is 17.5 Å². The summed E-state index contributed by atoms with van der Waals surface area (Å²) in [6, 6.07) is 4.36. The molecule has 11 heteroatoms. The van der Waals surface area contributed by atoms with E-state index in [4.69, 9.17) is 4.74 Å². The maximum absolute atomic E-state index is 14.0. The van der Waals surface area contributed by atoms with Crippen molar-refractivity contribution in [3.05, 3.63) is 47.3 Å². The zero-order chi connectivity index (χ0) is 25.5. The fourth-order valence-corrected chi connectivity index (χ4v) is 5.57. The monoisotopic (exact) mass is 505 g/mol. The van der Waals surface area contributed by atoms with Gasteiger partial charge in [0.2, 0.25) is 0 Å². The molecule has 0 aliphatic carbocycles. The molecule has 1 aromatic heterocycles. The summed E-state index contributed by atoms with van der Waals surface area (Å²) in [7, 11) is 0. The Morgan fingerprint density at radius 2 is 1.83 bits per heavy atom. The Bertz CT molecular complexity index is 1140. The van der Waals surface area contributed by atoms with Crippen molar-refractivity contribution in [2.24, 2.45) is 5.41 Å². The first-order chi connectivity index (χ1) is 17.1. The SMILES string of the molecule is CC(=O)c1cnn(C(=O)N2CCC3(CCN(Cc4ccc(N5CCOCC5)cc4C(F)(F)F)C3)C2)c1. The van der Waals surface area contributed by atoms with Gasteiger partial charge < -0.3 is 14.5 Å². The van der Waals surface area contributed by atoms with Crippen LogP contribution in [0.3, 0.4) is 0 Å². The van der Waals surface area contributed by atoms with Gasteiger partial charge in [-0.2, -0.15) is 23.0 Å². The number of hydrogen-bond acceptors (Lipinski definition) is 6. The number of rotatable bonds is 4. The summed E-state index contributed by atoms with van der Waals surface area (Å²) < 4.78 is 48.5. The lowest BCUT2D eigenvalue weighted by Crippen LogP contribution is -2.36. The van der Waals surface area contributed by atoms with E-state index in [1.807, 2.05) is 4.90 Å². The van der Waals surface area contributed by atoms with E-state index in [0.29, 0.717) is 63.7 Å². The largest absolute Gasteiger partial charge is 0.416 e. The molecule has 3 aliphatic heterocycles. The fourth-order valence-electron chi connectivity index (χ4n) is 5.57. The minimum atomic E-state index is -4.44. The van der Waals surface area contributed by atoms with Crippen molar-refractivity contribution < 1.29 is 27.5 Å². The molecular formula is C25H30F3N5O3. The van der Waals surface area contributed by atoms with Crippen molar-refractivity contribution in [1.82, 2.24) is 19.6 Å². The van der Waals surface area contributed by atoms with E-state index < -0.39 is 11.7 Å². The molecule has 1 aromatic carbocycles. The van der Waals surface area contributed by atoms with Crippen LogP contribution in [0.5, 0.6) is 0 Å². The highest BCUT2D eigenvalue weighted by molar-refractivity contribution is 5.94. The maximum Gasteiger partial charge on any atom is 0.416 e. The zero-order valence-electron chi connectivity index (χ0n) is 20.3. The van der Waals surface area contributed by atoms with Crippen LogP contribution in [0.25, 0.3) is 0 Å². The first-order valence-corrected chi connectivity index (χ1v) is 12.2. The highest BCUT2D eigenvalue weighted by Gasteiger charge is 2.45. The van der Waals surface area contributed by atoms with Gasteiger partial charge in [-0.05, 0) is 44.0 Å². The van der Waals surface area contributed by atoms with Crippen LogP contribution < -0.4 is 4.90 Å². The minimum absolute atomic E-state index is 0.141. The first kappa shape index (κ1) is 24.8. The number of benzene rings is 1. The molecule has 0 saturated carbocycles. The number of carbonyl (C=O) groups is 2. The van der Waals surface area contributed by atoms with Gasteiger partial charge >= 0.3 is 12.2 Å². The Balaban J connectivity index is 1.26. The number of Topliss-reactive ketones (excluding diaryl/α,β-unsaturated/α-hetero) is 1. The maximum atomic E-state index is 14.0. The number of carbonyl (C=O) groups excluding carboxylic acids is 2. The molecule has 194 valence electrons. The standard InChI is InChI=1S/C25H30F3N5O3/c1-18(34)20-13-29-33(15-20)23(35)32-7-5-24(17-32)4-6-30(16-24)14-19-2-3-21(12-22(19)25(26,27)28)31-8-10-36-11-9-31/h2-3,12-13,15H,4-11,14,16-17H2,1H3. The number of ketones is 1. The number of alkyl halides is 3. The number of likely N-dealkylation sites (tertiary alicyclic amines) is 2. The van der Waals surface area contributed by atoms with Gasteiger partial charge in [-0.15, -0.1) is 0 Å². The Morgan fingerprint density at radius 1 is 1.08 bits per heavy atom. The molecule has 3 fully saturated rings. The average Bonchev–Trinajstić information content (AvgIpc) is 3.60. The third-order valence-corrected chi connectivity index (χ3v) is 7.58. The molecule has 1 unspecified atom stereocenters. The smallest absolute Gasteiger partial charge is 0.378 e. The number of amides is 1. The van der Waals surface area contributed by atoms with Crippen LogP contribution in [0.1, 0.15) is 41.3 Å². The number of halogens is 3. The Kier molecular flexibility index (Phi) is 6.54. The van der Waals surface area contributed by atoms with Crippen LogP contribution >= 0.6 is 0 Å². The molecule has 0 bridgehead atoms. The van der Waals surface area contributed by atoms with E-state index in [-0.39, 0.29) is 29.3 Å². The normalized spacial score (nSPS) is 23.1. The second kappa shape index (κ2) is 9.51. The van der Waals surface area contributed by atoms with E-state index in [9.17, 15) is 22.8 Å². The molecule has 4 heterocycles. The number of hydrogen-bond donors (Lipinski definition) is 0. The lowest BCUT2D eigenvalue weighted by Gasteiger charge is -2.30. The average molecular weight is 506 g/mol. The number of nitrogens with zero attached hydrogens (tertiary/aromatic N) is 5. The van der Waals surface area contributed by atoms with Crippen molar-refractivity contribution in [2.45, 2.75) is 32.5 Å². The summed E-state index contributed by atoms with van der Waals surface area (Å²) in [6.07, 6.45) is -0.00409.